The van der Waals surface area contributed by atoms with Crippen molar-refractivity contribution in [1.29, 1.82) is 0 Å². The van der Waals surface area contributed by atoms with Gasteiger partial charge in [0.2, 0.25) is 0 Å². The Kier molecular flexibility index (Phi) is 3.94. The SMILES string of the molecule is O=S(=O)(c1ccc(Br)s1)N(Cc1cccnc1)C1CC1. The van der Waals surface area contributed by atoms with E-state index in [0.29, 0.717) is 10.8 Å². The molecule has 2 aromatic rings. The number of thiophene rings is 1. The second-order valence-corrected chi connectivity index (χ2v) is 9.28. The Hall–Kier alpha value is -0.760. The first kappa shape index (κ1) is 14.2. The van der Waals surface area contributed by atoms with Crippen LogP contribution in [0.2, 0.25) is 0 Å². The van der Waals surface area contributed by atoms with E-state index in [9.17, 15) is 8.42 Å². The maximum Gasteiger partial charge on any atom is 0.253 e. The van der Waals surface area contributed by atoms with Gasteiger partial charge >= 0.3 is 0 Å². The molecule has 1 aliphatic carbocycles. The topological polar surface area (TPSA) is 50.3 Å². The smallest absolute Gasteiger partial charge is 0.253 e. The molecule has 0 radical (unpaired) electrons. The van der Waals surface area contributed by atoms with E-state index in [1.165, 1.54) is 11.3 Å². The number of rotatable bonds is 5. The van der Waals surface area contributed by atoms with Crippen LogP contribution in [-0.2, 0) is 16.6 Å². The molecule has 1 fully saturated rings. The summed E-state index contributed by atoms with van der Waals surface area (Å²) in [6.07, 6.45) is 5.28. The Morgan fingerprint density at radius 3 is 2.70 bits per heavy atom. The monoisotopic (exact) mass is 372 g/mol. The summed E-state index contributed by atoms with van der Waals surface area (Å²) in [5.74, 6) is 0. The summed E-state index contributed by atoms with van der Waals surface area (Å²) in [4.78, 5) is 4.05. The minimum atomic E-state index is -3.42. The summed E-state index contributed by atoms with van der Waals surface area (Å²) in [5.41, 5.74) is 0.915. The lowest BCUT2D eigenvalue weighted by molar-refractivity contribution is 0.399. The normalized spacial score (nSPS) is 15.7. The van der Waals surface area contributed by atoms with Crippen molar-refractivity contribution in [2.45, 2.75) is 29.6 Å². The van der Waals surface area contributed by atoms with E-state index in [2.05, 4.69) is 20.9 Å². The van der Waals surface area contributed by atoms with E-state index in [-0.39, 0.29) is 6.04 Å². The molecule has 4 nitrogen and oxygen atoms in total. The second kappa shape index (κ2) is 5.55. The van der Waals surface area contributed by atoms with Gasteiger partial charge in [-0.1, -0.05) is 6.07 Å². The lowest BCUT2D eigenvalue weighted by Gasteiger charge is -2.20. The van der Waals surface area contributed by atoms with Gasteiger partial charge in [0.05, 0.1) is 3.79 Å². The third kappa shape index (κ3) is 2.95. The Morgan fingerprint density at radius 1 is 1.35 bits per heavy atom. The number of pyridine rings is 1. The largest absolute Gasteiger partial charge is 0.264 e. The van der Waals surface area contributed by atoms with Crippen molar-refractivity contribution in [3.05, 3.63) is 46.0 Å². The summed E-state index contributed by atoms with van der Waals surface area (Å²) in [6.45, 7) is 0.385. The van der Waals surface area contributed by atoms with Crippen LogP contribution in [0.5, 0.6) is 0 Å². The standard InChI is InChI=1S/C13H13BrN2O2S2/c14-12-5-6-13(19-12)20(17,18)16(11-3-4-11)9-10-2-1-7-15-8-10/h1-2,5-8,11H,3-4,9H2. The number of halogens is 1. The van der Waals surface area contributed by atoms with Crippen LogP contribution >= 0.6 is 27.3 Å². The predicted molar refractivity (Wildman–Crippen MR) is 82.0 cm³/mol. The van der Waals surface area contributed by atoms with Crippen molar-refractivity contribution in [1.82, 2.24) is 9.29 Å². The zero-order valence-corrected chi connectivity index (χ0v) is 13.8. The molecule has 2 heterocycles. The fourth-order valence-corrected chi connectivity index (χ4v) is 5.81. The fraction of sp³-hybridized carbons (Fsp3) is 0.308. The first-order valence-electron chi connectivity index (χ1n) is 6.23. The van der Waals surface area contributed by atoms with Crippen molar-refractivity contribution < 1.29 is 8.42 Å². The number of hydrogen-bond donors (Lipinski definition) is 0. The summed E-state index contributed by atoms with van der Waals surface area (Å²) in [6, 6.07) is 7.29. The minimum absolute atomic E-state index is 0.126. The van der Waals surface area contributed by atoms with Crippen LogP contribution in [0.3, 0.4) is 0 Å². The van der Waals surface area contributed by atoms with Gasteiger partial charge in [-0.2, -0.15) is 4.31 Å². The third-order valence-corrected chi connectivity index (χ3v) is 7.12. The molecular weight excluding hydrogens is 360 g/mol. The molecule has 106 valence electrons. The average Bonchev–Trinajstić information content (AvgIpc) is 3.17. The maximum atomic E-state index is 12.7. The number of sulfonamides is 1. The zero-order valence-electron chi connectivity index (χ0n) is 10.6. The van der Waals surface area contributed by atoms with Gasteiger partial charge in [-0.05, 0) is 52.5 Å². The highest BCUT2D eigenvalue weighted by atomic mass is 79.9. The van der Waals surface area contributed by atoms with Gasteiger partial charge in [-0.3, -0.25) is 4.98 Å². The van der Waals surface area contributed by atoms with Crippen molar-refractivity contribution in [2.24, 2.45) is 0 Å². The van der Waals surface area contributed by atoms with E-state index < -0.39 is 10.0 Å². The van der Waals surface area contributed by atoms with Crippen molar-refractivity contribution in [3.8, 4) is 0 Å². The lowest BCUT2D eigenvalue weighted by atomic mass is 10.3. The molecule has 0 N–H and O–H groups in total. The first-order chi connectivity index (χ1) is 9.57. The fourth-order valence-electron chi connectivity index (χ4n) is 2.00. The van der Waals surface area contributed by atoms with Crippen LogP contribution in [0.1, 0.15) is 18.4 Å². The van der Waals surface area contributed by atoms with Crippen LogP contribution in [0, 0.1) is 0 Å². The van der Waals surface area contributed by atoms with Crippen molar-refractivity contribution in [2.75, 3.05) is 0 Å². The molecule has 0 saturated heterocycles. The summed E-state index contributed by atoms with van der Waals surface area (Å²) in [7, 11) is -3.42. The Bertz CT molecular complexity index is 696. The van der Waals surface area contributed by atoms with Gasteiger partial charge in [0.25, 0.3) is 10.0 Å². The first-order valence-corrected chi connectivity index (χ1v) is 9.28. The highest BCUT2D eigenvalue weighted by Crippen LogP contribution is 2.36. The zero-order chi connectivity index (χ0) is 14.2. The van der Waals surface area contributed by atoms with Gasteiger partial charge in [0, 0.05) is 25.0 Å². The lowest BCUT2D eigenvalue weighted by Crippen LogP contribution is -2.32. The average molecular weight is 373 g/mol. The molecule has 0 atom stereocenters. The Labute approximate surface area is 130 Å². The number of nitrogens with zero attached hydrogens (tertiary/aromatic N) is 2. The van der Waals surface area contributed by atoms with Crippen LogP contribution in [-0.4, -0.2) is 23.7 Å². The van der Waals surface area contributed by atoms with Crippen molar-refractivity contribution in [3.63, 3.8) is 0 Å². The van der Waals surface area contributed by atoms with Gasteiger partial charge < -0.3 is 0 Å². The molecule has 0 unspecified atom stereocenters. The van der Waals surface area contributed by atoms with Gasteiger partial charge in [-0.15, -0.1) is 11.3 Å². The van der Waals surface area contributed by atoms with Gasteiger partial charge in [0.15, 0.2) is 0 Å². The molecule has 0 amide bonds. The van der Waals surface area contributed by atoms with E-state index in [1.807, 2.05) is 12.1 Å². The molecule has 1 aliphatic rings. The molecule has 0 spiro atoms. The number of aromatic nitrogens is 1. The van der Waals surface area contributed by atoms with Crippen molar-refractivity contribution >= 4 is 37.3 Å². The molecule has 20 heavy (non-hydrogen) atoms. The molecule has 7 heteroatoms. The van der Waals surface area contributed by atoms with E-state index >= 15 is 0 Å². The van der Waals surface area contributed by atoms with E-state index in [0.717, 1.165) is 22.2 Å². The predicted octanol–water partition coefficient (Wildman–Crippen LogP) is 3.26. The van der Waals surface area contributed by atoms with Crippen LogP contribution in [0.15, 0.2) is 44.7 Å². The third-order valence-electron chi connectivity index (χ3n) is 3.13. The minimum Gasteiger partial charge on any atom is -0.264 e. The Morgan fingerprint density at radius 2 is 2.15 bits per heavy atom. The molecule has 1 saturated carbocycles. The highest BCUT2D eigenvalue weighted by Gasteiger charge is 2.38. The van der Waals surface area contributed by atoms with Gasteiger partial charge in [-0.25, -0.2) is 8.42 Å². The second-order valence-electron chi connectivity index (χ2n) is 4.70. The van der Waals surface area contributed by atoms with E-state index in [4.69, 9.17) is 0 Å². The molecule has 3 rings (SSSR count). The number of hydrogen-bond acceptors (Lipinski definition) is 4. The van der Waals surface area contributed by atoms with Crippen LogP contribution in [0.4, 0.5) is 0 Å². The van der Waals surface area contributed by atoms with E-state index in [1.54, 1.807) is 28.8 Å². The molecular formula is C13H13BrN2O2S2. The van der Waals surface area contributed by atoms with Crippen LogP contribution in [0.25, 0.3) is 0 Å². The molecule has 2 aromatic heterocycles. The summed E-state index contributed by atoms with van der Waals surface area (Å²) < 4.78 is 28.3. The highest BCUT2D eigenvalue weighted by molar-refractivity contribution is 9.11. The quantitative estimate of drug-likeness (QED) is 0.809. The summed E-state index contributed by atoms with van der Waals surface area (Å²) >= 11 is 4.57. The summed E-state index contributed by atoms with van der Waals surface area (Å²) in [5, 5.41) is 0. The maximum absolute atomic E-state index is 12.7. The molecule has 0 aliphatic heterocycles. The van der Waals surface area contributed by atoms with Gasteiger partial charge in [0.1, 0.15) is 4.21 Å². The molecule has 0 bridgehead atoms. The Balaban J connectivity index is 1.91. The van der Waals surface area contributed by atoms with Crippen LogP contribution < -0.4 is 0 Å². The molecule has 0 aromatic carbocycles.